The summed E-state index contributed by atoms with van der Waals surface area (Å²) in [7, 11) is 1.83. The Kier molecular flexibility index (Phi) is 3.57. The molecule has 3 heteroatoms. The lowest BCUT2D eigenvalue weighted by atomic mass is 10.1. The van der Waals surface area contributed by atoms with Crippen LogP contribution < -0.4 is 10.6 Å². The average molecular weight is 218 g/mol. The van der Waals surface area contributed by atoms with Crippen molar-refractivity contribution < 1.29 is 4.79 Å². The third-order valence-electron chi connectivity index (χ3n) is 2.87. The molecule has 1 unspecified atom stereocenters. The van der Waals surface area contributed by atoms with Crippen LogP contribution in [0, 0.1) is 0 Å². The van der Waals surface area contributed by atoms with Crippen molar-refractivity contribution in [3.8, 4) is 0 Å². The molecule has 1 fully saturated rings. The third kappa shape index (κ3) is 3.07. The molecule has 0 saturated heterocycles. The van der Waals surface area contributed by atoms with Gasteiger partial charge in [-0.2, -0.15) is 0 Å². The van der Waals surface area contributed by atoms with Gasteiger partial charge in [-0.3, -0.25) is 4.79 Å². The van der Waals surface area contributed by atoms with E-state index in [4.69, 9.17) is 0 Å². The van der Waals surface area contributed by atoms with Crippen LogP contribution in [-0.4, -0.2) is 25.0 Å². The van der Waals surface area contributed by atoms with E-state index >= 15 is 0 Å². The first-order chi connectivity index (χ1) is 7.79. The van der Waals surface area contributed by atoms with E-state index in [1.807, 2.05) is 25.2 Å². The van der Waals surface area contributed by atoms with Gasteiger partial charge in [0.25, 0.3) is 0 Å². The Labute approximate surface area is 96.2 Å². The van der Waals surface area contributed by atoms with Crippen LogP contribution in [0.5, 0.6) is 0 Å². The largest absolute Gasteiger partial charge is 0.352 e. The topological polar surface area (TPSA) is 41.1 Å². The SMILES string of the molecule is CNC(Cc1ccccc1)C(=O)NC1CC1. The zero-order chi connectivity index (χ0) is 11.4. The van der Waals surface area contributed by atoms with Crippen molar-refractivity contribution in [3.05, 3.63) is 35.9 Å². The molecule has 86 valence electrons. The van der Waals surface area contributed by atoms with Crippen molar-refractivity contribution in [2.45, 2.75) is 31.3 Å². The quantitative estimate of drug-likeness (QED) is 0.777. The molecule has 1 atom stereocenters. The highest BCUT2D eigenvalue weighted by Crippen LogP contribution is 2.18. The van der Waals surface area contributed by atoms with E-state index in [2.05, 4.69) is 22.8 Å². The van der Waals surface area contributed by atoms with Gasteiger partial charge in [0.1, 0.15) is 0 Å². The Morgan fingerprint density at radius 1 is 1.38 bits per heavy atom. The van der Waals surface area contributed by atoms with Gasteiger partial charge in [-0.1, -0.05) is 30.3 Å². The maximum atomic E-state index is 11.9. The minimum Gasteiger partial charge on any atom is -0.352 e. The molecule has 1 aromatic rings. The summed E-state index contributed by atoms with van der Waals surface area (Å²) in [5.41, 5.74) is 1.19. The van der Waals surface area contributed by atoms with Crippen LogP contribution in [-0.2, 0) is 11.2 Å². The molecule has 1 aliphatic rings. The van der Waals surface area contributed by atoms with Crippen LogP contribution in [0.2, 0.25) is 0 Å². The first-order valence-electron chi connectivity index (χ1n) is 5.81. The van der Waals surface area contributed by atoms with Gasteiger partial charge in [0.05, 0.1) is 6.04 Å². The van der Waals surface area contributed by atoms with Crippen molar-refractivity contribution in [1.29, 1.82) is 0 Å². The van der Waals surface area contributed by atoms with Gasteiger partial charge in [0, 0.05) is 6.04 Å². The second kappa shape index (κ2) is 5.12. The molecule has 2 rings (SSSR count). The Balaban J connectivity index is 1.91. The first kappa shape index (κ1) is 11.1. The summed E-state index contributed by atoms with van der Waals surface area (Å²) in [5, 5.41) is 6.10. The maximum absolute atomic E-state index is 11.9. The third-order valence-corrected chi connectivity index (χ3v) is 2.87. The van der Waals surface area contributed by atoms with E-state index in [-0.39, 0.29) is 11.9 Å². The Hall–Kier alpha value is -1.35. The molecule has 3 nitrogen and oxygen atoms in total. The summed E-state index contributed by atoms with van der Waals surface area (Å²) < 4.78 is 0. The number of benzene rings is 1. The number of carbonyl (C=O) groups is 1. The molecule has 0 bridgehead atoms. The lowest BCUT2D eigenvalue weighted by Gasteiger charge is -2.15. The van der Waals surface area contributed by atoms with E-state index < -0.39 is 0 Å². The van der Waals surface area contributed by atoms with Gasteiger partial charge in [-0.15, -0.1) is 0 Å². The minimum atomic E-state index is -0.122. The van der Waals surface area contributed by atoms with Crippen molar-refractivity contribution in [2.24, 2.45) is 0 Å². The predicted molar refractivity (Wildman–Crippen MR) is 64.2 cm³/mol. The molecule has 0 aliphatic heterocycles. The van der Waals surface area contributed by atoms with Gasteiger partial charge >= 0.3 is 0 Å². The summed E-state index contributed by atoms with van der Waals surface area (Å²) in [6.07, 6.45) is 3.01. The summed E-state index contributed by atoms with van der Waals surface area (Å²) in [4.78, 5) is 11.9. The lowest BCUT2D eigenvalue weighted by molar-refractivity contribution is -0.123. The van der Waals surface area contributed by atoms with Gasteiger partial charge < -0.3 is 10.6 Å². The standard InChI is InChI=1S/C13H18N2O/c1-14-12(13(16)15-11-7-8-11)9-10-5-3-2-4-6-10/h2-6,11-12,14H,7-9H2,1H3,(H,15,16). The summed E-state index contributed by atoms with van der Waals surface area (Å²) >= 11 is 0. The van der Waals surface area contributed by atoms with Crippen molar-refractivity contribution in [1.82, 2.24) is 10.6 Å². The van der Waals surface area contributed by atoms with Crippen molar-refractivity contribution in [3.63, 3.8) is 0 Å². The van der Waals surface area contributed by atoms with E-state index in [1.165, 1.54) is 5.56 Å². The van der Waals surface area contributed by atoms with Gasteiger partial charge in [-0.25, -0.2) is 0 Å². The summed E-state index contributed by atoms with van der Waals surface area (Å²) in [6, 6.07) is 10.4. The lowest BCUT2D eigenvalue weighted by Crippen LogP contribution is -2.44. The van der Waals surface area contributed by atoms with Crippen LogP contribution in [0.4, 0.5) is 0 Å². The van der Waals surface area contributed by atoms with Crippen LogP contribution in [0.3, 0.4) is 0 Å². The number of rotatable bonds is 5. The fraction of sp³-hybridized carbons (Fsp3) is 0.462. The molecular weight excluding hydrogens is 200 g/mol. The van der Waals surface area contributed by atoms with E-state index in [1.54, 1.807) is 0 Å². The highest BCUT2D eigenvalue weighted by Gasteiger charge is 2.26. The highest BCUT2D eigenvalue weighted by atomic mass is 16.2. The summed E-state index contributed by atoms with van der Waals surface area (Å²) in [6.45, 7) is 0. The maximum Gasteiger partial charge on any atom is 0.237 e. The van der Waals surface area contributed by atoms with Gasteiger partial charge in [-0.05, 0) is 31.9 Å². The fourth-order valence-corrected chi connectivity index (χ4v) is 1.71. The number of hydrogen-bond acceptors (Lipinski definition) is 2. The zero-order valence-corrected chi connectivity index (χ0v) is 9.57. The van der Waals surface area contributed by atoms with E-state index in [9.17, 15) is 4.79 Å². The number of nitrogens with one attached hydrogen (secondary N) is 2. The molecular formula is C13H18N2O. The Morgan fingerprint density at radius 2 is 2.06 bits per heavy atom. The van der Waals surface area contributed by atoms with Crippen LogP contribution in [0.15, 0.2) is 30.3 Å². The number of hydrogen-bond donors (Lipinski definition) is 2. The molecule has 0 spiro atoms. The van der Waals surface area contributed by atoms with Crippen LogP contribution in [0.1, 0.15) is 18.4 Å². The second-order valence-corrected chi connectivity index (χ2v) is 4.31. The Bertz CT molecular complexity index is 346. The van der Waals surface area contributed by atoms with Crippen LogP contribution in [0.25, 0.3) is 0 Å². The molecule has 1 saturated carbocycles. The number of likely N-dealkylation sites (N-methyl/N-ethyl adjacent to an activating group) is 1. The van der Waals surface area contributed by atoms with Gasteiger partial charge in [0.15, 0.2) is 0 Å². The van der Waals surface area contributed by atoms with Crippen molar-refractivity contribution in [2.75, 3.05) is 7.05 Å². The van der Waals surface area contributed by atoms with Crippen molar-refractivity contribution >= 4 is 5.91 Å². The monoisotopic (exact) mass is 218 g/mol. The predicted octanol–water partition coefficient (Wildman–Crippen LogP) is 1.10. The fourth-order valence-electron chi connectivity index (χ4n) is 1.71. The van der Waals surface area contributed by atoms with Gasteiger partial charge in [0.2, 0.25) is 5.91 Å². The molecule has 2 N–H and O–H groups in total. The smallest absolute Gasteiger partial charge is 0.237 e. The zero-order valence-electron chi connectivity index (χ0n) is 9.57. The van der Waals surface area contributed by atoms with Crippen LogP contribution >= 0.6 is 0 Å². The minimum absolute atomic E-state index is 0.119. The van der Waals surface area contributed by atoms with E-state index in [0.29, 0.717) is 6.04 Å². The second-order valence-electron chi connectivity index (χ2n) is 4.31. The molecule has 0 heterocycles. The number of carbonyl (C=O) groups excluding carboxylic acids is 1. The number of amides is 1. The average Bonchev–Trinajstić information content (AvgIpc) is 3.11. The normalized spacial score (nSPS) is 16.8. The first-order valence-corrected chi connectivity index (χ1v) is 5.81. The van der Waals surface area contributed by atoms with E-state index in [0.717, 1.165) is 19.3 Å². The Morgan fingerprint density at radius 3 is 2.62 bits per heavy atom. The highest BCUT2D eigenvalue weighted by molar-refractivity contribution is 5.82. The molecule has 0 radical (unpaired) electrons. The molecule has 16 heavy (non-hydrogen) atoms. The molecule has 1 aromatic carbocycles. The molecule has 0 aromatic heterocycles. The summed E-state index contributed by atoms with van der Waals surface area (Å²) in [5.74, 6) is 0.119. The molecule has 1 aliphatic carbocycles. The molecule has 1 amide bonds.